The van der Waals surface area contributed by atoms with Crippen LogP contribution in [0, 0.1) is 5.82 Å². The topological polar surface area (TPSA) is 26.0 Å². The molecule has 1 fully saturated rings. The lowest BCUT2D eigenvalue weighted by molar-refractivity contribution is 0.625. The molecule has 0 radical (unpaired) electrons. The fraction of sp³-hybridized carbons (Fsp3) is 0.385. The average Bonchev–Trinajstić information content (AvgIpc) is 3.03. The van der Waals surface area contributed by atoms with E-state index >= 15 is 0 Å². The number of benzene rings is 1. The first-order valence-electron chi connectivity index (χ1n) is 5.40. The summed E-state index contributed by atoms with van der Waals surface area (Å²) in [5.74, 6) is 0.278. The lowest BCUT2D eigenvalue weighted by Gasteiger charge is -2.12. The molecule has 15 heavy (non-hydrogen) atoms. The Morgan fingerprint density at radius 2 is 2.20 bits per heavy atom. The molecule has 0 atom stereocenters. The van der Waals surface area contributed by atoms with E-state index in [4.69, 9.17) is 5.73 Å². The van der Waals surface area contributed by atoms with Gasteiger partial charge in [0.1, 0.15) is 5.82 Å². The highest BCUT2D eigenvalue weighted by Crippen LogP contribution is 2.44. The second-order valence-electron chi connectivity index (χ2n) is 4.19. The van der Waals surface area contributed by atoms with E-state index in [9.17, 15) is 4.39 Å². The smallest absolute Gasteiger partial charge is 0.124 e. The second kappa shape index (κ2) is 3.69. The summed E-state index contributed by atoms with van der Waals surface area (Å²) in [4.78, 5) is 0. The van der Waals surface area contributed by atoms with Gasteiger partial charge in [-0.15, -0.1) is 0 Å². The molecular weight excluding hydrogens is 189 g/mol. The van der Waals surface area contributed by atoms with Gasteiger partial charge in [0.05, 0.1) is 0 Å². The van der Waals surface area contributed by atoms with Crippen LogP contribution in [0.25, 0.3) is 5.57 Å². The molecule has 0 aliphatic heterocycles. The molecule has 1 aromatic carbocycles. The van der Waals surface area contributed by atoms with E-state index in [1.165, 1.54) is 6.07 Å². The van der Waals surface area contributed by atoms with Gasteiger partial charge >= 0.3 is 0 Å². The number of anilines is 1. The van der Waals surface area contributed by atoms with Gasteiger partial charge < -0.3 is 5.73 Å². The van der Waals surface area contributed by atoms with Gasteiger partial charge in [0.15, 0.2) is 0 Å². The monoisotopic (exact) mass is 205 g/mol. The van der Waals surface area contributed by atoms with E-state index in [1.807, 2.05) is 6.92 Å². The first kappa shape index (κ1) is 10.2. The van der Waals surface area contributed by atoms with Crippen LogP contribution < -0.4 is 5.73 Å². The number of allylic oxidation sites excluding steroid dienone is 1. The molecule has 1 aromatic rings. The van der Waals surface area contributed by atoms with Crippen LogP contribution in [0.5, 0.6) is 0 Å². The largest absolute Gasteiger partial charge is 0.398 e. The Hall–Kier alpha value is -1.31. The van der Waals surface area contributed by atoms with Crippen molar-refractivity contribution in [2.45, 2.75) is 32.1 Å². The third kappa shape index (κ3) is 1.89. The zero-order valence-electron chi connectivity index (χ0n) is 9.02. The molecule has 1 aliphatic rings. The van der Waals surface area contributed by atoms with Crippen LogP contribution in [0.15, 0.2) is 18.7 Å². The van der Waals surface area contributed by atoms with E-state index < -0.39 is 0 Å². The Labute approximate surface area is 89.8 Å². The average molecular weight is 205 g/mol. The van der Waals surface area contributed by atoms with Crippen molar-refractivity contribution in [2.24, 2.45) is 0 Å². The molecule has 1 aliphatic carbocycles. The van der Waals surface area contributed by atoms with Crippen LogP contribution in [-0.2, 0) is 0 Å². The molecule has 0 saturated heterocycles. The van der Waals surface area contributed by atoms with Crippen molar-refractivity contribution >= 4 is 11.3 Å². The first-order chi connectivity index (χ1) is 7.13. The SMILES string of the molecule is C=C(CC)c1cc(F)cc(C2CC2)c1N. The Morgan fingerprint density at radius 1 is 1.53 bits per heavy atom. The zero-order valence-corrected chi connectivity index (χ0v) is 9.02. The van der Waals surface area contributed by atoms with Gasteiger partial charge in [-0.1, -0.05) is 13.5 Å². The highest BCUT2D eigenvalue weighted by molar-refractivity contribution is 5.76. The number of rotatable bonds is 3. The van der Waals surface area contributed by atoms with Crippen molar-refractivity contribution in [2.75, 3.05) is 5.73 Å². The predicted octanol–water partition coefficient (Wildman–Crippen LogP) is 3.71. The number of hydrogen-bond donors (Lipinski definition) is 1. The molecule has 2 rings (SSSR count). The summed E-state index contributed by atoms with van der Waals surface area (Å²) in [7, 11) is 0. The minimum absolute atomic E-state index is 0.198. The van der Waals surface area contributed by atoms with Crippen LogP contribution in [0.2, 0.25) is 0 Å². The van der Waals surface area contributed by atoms with Crippen molar-refractivity contribution in [3.05, 3.63) is 35.7 Å². The van der Waals surface area contributed by atoms with Crippen molar-refractivity contribution in [1.29, 1.82) is 0 Å². The number of hydrogen-bond acceptors (Lipinski definition) is 1. The summed E-state index contributed by atoms with van der Waals surface area (Å²) in [5, 5.41) is 0. The molecule has 0 spiro atoms. The molecule has 0 aromatic heterocycles. The van der Waals surface area contributed by atoms with Crippen molar-refractivity contribution < 1.29 is 4.39 Å². The standard InChI is InChI=1S/C13H16FN/c1-3-8(2)11-6-10(14)7-12(13(11)15)9-4-5-9/h6-7,9H,2-5,15H2,1H3. The van der Waals surface area contributed by atoms with Gasteiger partial charge in [0.2, 0.25) is 0 Å². The lowest BCUT2D eigenvalue weighted by atomic mass is 9.97. The van der Waals surface area contributed by atoms with Gasteiger partial charge in [0, 0.05) is 11.3 Å². The van der Waals surface area contributed by atoms with E-state index in [2.05, 4.69) is 6.58 Å². The van der Waals surface area contributed by atoms with E-state index in [0.717, 1.165) is 41.6 Å². The fourth-order valence-electron chi connectivity index (χ4n) is 1.85. The molecule has 0 unspecified atom stereocenters. The Balaban J connectivity index is 2.49. The predicted molar refractivity (Wildman–Crippen MR) is 62.1 cm³/mol. The molecule has 80 valence electrons. The highest BCUT2D eigenvalue weighted by atomic mass is 19.1. The summed E-state index contributed by atoms with van der Waals surface area (Å²) in [6.45, 7) is 5.92. The minimum atomic E-state index is -0.198. The van der Waals surface area contributed by atoms with Crippen molar-refractivity contribution in [3.63, 3.8) is 0 Å². The van der Waals surface area contributed by atoms with Crippen LogP contribution in [0.3, 0.4) is 0 Å². The molecule has 0 amide bonds. The second-order valence-corrected chi connectivity index (χ2v) is 4.19. The van der Waals surface area contributed by atoms with Crippen molar-refractivity contribution in [3.8, 4) is 0 Å². The van der Waals surface area contributed by atoms with Crippen LogP contribution in [-0.4, -0.2) is 0 Å². The maximum atomic E-state index is 13.4. The number of halogens is 1. The molecule has 0 heterocycles. The van der Waals surface area contributed by atoms with Crippen molar-refractivity contribution in [1.82, 2.24) is 0 Å². The molecule has 1 nitrogen and oxygen atoms in total. The molecular formula is C13H16FN. The van der Waals surface area contributed by atoms with Gasteiger partial charge in [-0.05, 0) is 48.4 Å². The number of nitrogen functional groups attached to an aromatic ring is 1. The van der Waals surface area contributed by atoms with Crippen LogP contribution in [0.4, 0.5) is 10.1 Å². The first-order valence-corrected chi connectivity index (χ1v) is 5.40. The van der Waals surface area contributed by atoms with Gasteiger partial charge in [0.25, 0.3) is 0 Å². The Kier molecular flexibility index (Phi) is 2.51. The van der Waals surface area contributed by atoms with Gasteiger partial charge in [-0.3, -0.25) is 0 Å². The molecule has 0 bridgehead atoms. The van der Waals surface area contributed by atoms with Crippen LogP contribution in [0.1, 0.15) is 43.2 Å². The summed E-state index contributed by atoms with van der Waals surface area (Å²) < 4.78 is 13.4. The Morgan fingerprint density at radius 3 is 2.73 bits per heavy atom. The summed E-state index contributed by atoms with van der Waals surface area (Å²) in [5.41, 5.74) is 9.44. The third-order valence-corrected chi connectivity index (χ3v) is 3.00. The van der Waals surface area contributed by atoms with Gasteiger partial charge in [-0.2, -0.15) is 0 Å². The normalized spacial score (nSPS) is 15.3. The number of nitrogens with two attached hydrogens (primary N) is 1. The van der Waals surface area contributed by atoms with Gasteiger partial charge in [-0.25, -0.2) is 4.39 Å². The van der Waals surface area contributed by atoms with E-state index in [-0.39, 0.29) is 5.82 Å². The summed E-state index contributed by atoms with van der Waals surface area (Å²) in [6, 6.07) is 3.06. The summed E-state index contributed by atoms with van der Waals surface area (Å²) in [6.07, 6.45) is 3.06. The quantitative estimate of drug-likeness (QED) is 0.748. The van der Waals surface area contributed by atoms with Crippen LogP contribution >= 0.6 is 0 Å². The minimum Gasteiger partial charge on any atom is -0.398 e. The Bertz CT molecular complexity index is 405. The van der Waals surface area contributed by atoms with E-state index in [1.54, 1.807) is 6.07 Å². The highest BCUT2D eigenvalue weighted by Gasteiger charge is 2.27. The fourth-order valence-corrected chi connectivity index (χ4v) is 1.85. The molecule has 2 N–H and O–H groups in total. The molecule has 2 heteroatoms. The van der Waals surface area contributed by atoms with E-state index in [0.29, 0.717) is 5.92 Å². The third-order valence-electron chi connectivity index (χ3n) is 3.00. The lowest BCUT2D eigenvalue weighted by Crippen LogP contribution is -1.99. The molecule has 1 saturated carbocycles. The zero-order chi connectivity index (χ0) is 11.0. The maximum absolute atomic E-state index is 13.4. The maximum Gasteiger partial charge on any atom is 0.124 e. The summed E-state index contributed by atoms with van der Waals surface area (Å²) >= 11 is 0.